The fourth-order valence-electron chi connectivity index (χ4n) is 4.68. The van der Waals surface area contributed by atoms with Crippen LogP contribution in [0.25, 0.3) is 6.08 Å². The Labute approximate surface area is 155 Å². The molecule has 26 heavy (non-hydrogen) atoms. The van der Waals surface area contributed by atoms with Crippen molar-refractivity contribution in [2.75, 3.05) is 53.1 Å². The lowest BCUT2D eigenvalue weighted by Gasteiger charge is -2.48. The number of piperazine rings is 1. The van der Waals surface area contributed by atoms with Crippen molar-refractivity contribution in [2.24, 2.45) is 5.92 Å². The molecule has 1 aromatic carbocycles. The fraction of sp³-hybridized carbons (Fsp3) is 0.619. The van der Waals surface area contributed by atoms with Crippen molar-refractivity contribution >= 4 is 6.08 Å². The van der Waals surface area contributed by atoms with E-state index in [1.807, 2.05) is 12.1 Å². The zero-order valence-electron chi connectivity index (χ0n) is 15.5. The monoisotopic (exact) mass is 356 g/mol. The van der Waals surface area contributed by atoms with Gasteiger partial charge < -0.3 is 14.2 Å². The highest BCUT2D eigenvalue weighted by Gasteiger charge is 2.42. The van der Waals surface area contributed by atoms with Gasteiger partial charge in [-0.15, -0.1) is 0 Å². The zero-order chi connectivity index (χ0) is 17.5. The van der Waals surface area contributed by atoms with Gasteiger partial charge in [0.1, 0.15) is 18.1 Å². The first-order valence-electron chi connectivity index (χ1n) is 9.86. The molecule has 5 rings (SSSR count). The van der Waals surface area contributed by atoms with Crippen LogP contribution in [0, 0.1) is 5.92 Å². The van der Waals surface area contributed by atoms with Crippen molar-refractivity contribution < 1.29 is 14.2 Å². The van der Waals surface area contributed by atoms with Gasteiger partial charge in [0.25, 0.3) is 0 Å². The average molecular weight is 356 g/mol. The van der Waals surface area contributed by atoms with Crippen LogP contribution in [-0.4, -0.2) is 75.0 Å². The summed E-state index contributed by atoms with van der Waals surface area (Å²) in [7, 11) is 1.71. The Hall–Kier alpha value is -1.56. The van der Waals surface area contributed by atoms with Gasteiger partial charge in [-0.25, -0.2) is 0 Å². The van der Waals surface area contributed by atoms with Gasteiger partial charge in [0.15, 0.2) is 0 Å². The summed E-state index contributed by atoms with van der Waals surface area (Å²) >= 11 is 0. The normalized spacial score (nSPS) is 29.3. The summed E-state index contributed by atoms with van der Waals surface area (Å²) in [5.41, 5.74) is 2.47. The Morgan fingerprint density at radius 2 is 2.12 bits per heavy atom. The lowest BCUT2D eigenvalue weighted by Crippen LogP contribution is -2.62. The van der Waals surface area contributed by atoms with E-state index in [9.17, 15) is 0 Å². The number of rotatable bonds is 4. The summed E-state index contributed by atoms with van der Waals surface area (Å²) in [6.45, 7) is 6.91. The van der Waals surface area contributed by atoms with Crippen molar-refractivity contribution in [2.45, 2.75) is 24.9 Å². The molecule has 0 N–H and O–H groups in total. The minimum atomic E-state index is 0.556. The maximum Gasteiger partial charge on any atom is 0.127 e. The van der Waals surface area contributed by atoms with E-state index in [0.717, 1.165) is 55.8 Å². The van der Waals surface area contributed by atoms with E-state index in [0.29, 0.717) is 18.7 Å². The van der Waals surface area contributed by atoms with Gasteiger partial charge in [0, 0.05) is 43.8 Å². The molecule has 0 radical (unpaired) electrons. The van der Waals surface area contributed by atoms with Crippen LogP contribution in [-0.2, 0) is 4.74 Å². The molecule has 0 amide bonds. The highest BCUT2D eigenvalue weighted by molar-refractivity contribution is 5.64. The third-order valence-corrected chi connectivity index (χ3v) is 6.22. The van der Waals surface area contributed by atoms with Crippen LogP contribution in [0.3, 0.4) is 0 Å². The number of fused-ring (bicyclic) bond motifs is 2. The molecule has 5 nitrogen and oxygen atoms in total. The third kappa shape index (κ3) is 3.24. The number of morpholine rings is 1. The quantitative estimate of drug-likeness (QED) is 0.827. The number of nitrogens with zero attached hydrogens (tertiary/aromatic N) is 2. The lowest BCUT2D eigenvalue weighted by molar-refractivity contribution is -0.0856. The lowest BCUT2D eigenvalue weighted by atomic mass is 10.0. The van der Waals surface area contributed by atoms with Crippen molar-refractivity contribution in [3.05, 3.63) is 29.3 Å². The molecule has 0 aromatic heterocycles. The molecule has 3 fully saturated rings. The van der Waals surface area contributed by atoms with E-state index in [-0.39, 0.29) is 0 Å². The molecule has 1 saturated carbocycles. The maximum atomic E-state index is 5.95. The van der Waals surface area contributed by atoms with E-state index in [1.165, 1.54) is 25.0 Å². The largest absolute Gasteiger partial charge is 0.497 e. The Bertz CT molecular complexity index is 700. The standard InChI is InChI=1S/C21H28N2O3/c1-24-19-4-5-21-17(9-19)8-15(12-26-21)10-22-6-7-23-18(11-22)13-25-14-20(23)16-2-3-16/h4-5,8-9,16,18,20H,2-3,6-7,10-14H2,1H3/t18-,20-/m1/s1. The van der Waals surface area contributed by atoms with Crippen LogP contribution in [0.5, 0.6) is 11.5 Å². The molecule has 2 atom stereocenters. The molecule has 4 aliphatic rings. The van der Waals surface area contributed by atoms with Gasteiger partial charge in [-0.2, -0.15) is 0 Å². The molecular weight excluding hydrogens is 328 g/mol. The van der Waals surface area contributed by atoms with E-state index in [2.05, 4.69) is 21.9 Å². The van der Waals surface area contributed by atoms with E-state index >= 15 is 0 Å². The SMILES string of the molecule is COc1ccc2c(c1)C=C(CN1CCN3[C@@H](COC[C@@H]3C3CC3)C1)CO2. The van der Waals surface area contributed by atoms with E-state index < -0.39 is 0 Å². The van der Waals surface area contributed by atoms with E-state index in [1.54, 1.807) is 7.11 Å². The van der Waals surface area contributed by atoms with Crippen molar-refractivity contribution in [3.8, 4) is 11.5 Å². The Kier molecular flexibility index (Phi) is 4.39. The average Bonchev–Trinajstić information content (AvgIpc) is 3.52. The second kappa shape index (κ2) is 6.87. The van der Waals surface area contributed by atoms with Gasteiger partial charge in [0.05, 0.1) is 20.3 Å². The predicted octanol–water partition coefficient (Wildman–Crippen LogP) is 2.27. The molecule has 2 saturated heterocycles. The first-order valence-corrected chi connectivity index (χ1v) is 9.86. The van der Waals surface area contributed by atoms with Crippen molar-refractivity contribution in [1.29, 1.82) is 0 Å². The first-order chi connectivity index (χ1) is 12.8. The van der Waals surface area contributed by atoms with Crippen LogP contribution in [0.4, 0.5) is 0 Å². The van der Waals surface area contributed by atoms with E-state index in [4.69, 9.17) is 14.2 Å². The molecule has 0 spiro atoms. The molecule has 5 heteroatoms. The molecule has 1 aliphatic carbocycles. The smallest absolute Gasteiger partial charge is 0.127 e. The van der Waals surface area contributed by atoms with Crippen LogP contribution < -0.4 is 9.47 Å². The fourth-order valence-corrected chi connectivity index (χ4v) is 4.68. The van der Waals surface area contributed by atoms with Crippen molar-refractivity contribution in [1.82, 2.24) is 9.80 Å². The van der Waals surface area contributed by atoms with Crippen molar-refractivity contribution in [3.63, 3.8) is 0 Å². The van der Waals surface area contributed by atoms with Crippen LogP contribution >= 0.6 is 0 Å². The van der Waals surface area contributed by atoms with Crippen LogP contribution in [0.15, 0.2) is 23.8 Å². The third-order valence-electron chi connectivity index (χ3n) is 6.22. The Balaban J connectivity index is 1.25. The molecular formula is C21H28N2O3. The molecule has 1 aromatic rings. The number of hydrogen-bond donors (Lipinski definition) is 0. The number of hydrogen-bond acceptors (Lipinski definition) is 5. The molecule has 3 aliphatic heterocycles. The summed E-state index contributed by atoms with van der Waals surface area (Å²) in [6.07, 6.45) is 5.07. The molecule has 0 unspecified atom stereocenters. The molecule has 140 valence electrons. The van der Waals surface area contributed by atoms with Gasteiger partial charge in [-0.3, -0.25) is 9.80 Å². The topological polar surface area (TPSA) is 34.2 Å². The minimum absolute atomic E-state index is 0.556. The Morgan fingerprint density at radius 1 is 1.19 bits per heavy atom. The number of methoxy groups -OCH3 is 1. The zero-order valence-corrected chi connectivity index (χ0v) is 15.5. The molecule has 0 bridgehead atoms. The minimum Gasteiger partial charge on any atom is -0.497 e. The van der Waals surface area contributed by atoms with Gasteiger partial charge in [-0.1, -0.05) is 0 Å². The van der Waals surface area contributed by atoms with Gasteiger partial charge in [-0.05, 0) is 48.6 Å². The summed E-state index contributed by atoms with van der Waals surface area (Å²) in [5.74, 6) is 2.72. The van der Waals surface area contributed by atoms with Crippen LogP contribution in [0.1, 0.15) is 18.4 Å². The maximum absolute atomic E-state index is 5.95. The highest BCUT2D eigenvalue weighted by atomic mass is 16.5. The second-order valence-electron chi connectivity index (χ2n) is 8.06. The number of benzene rings is 1. The van der Waals surface area contributed by atoms with Gasteiger partial charge >= 0.3 is 0 Å². The number of ether oxygens (including phenoxy) is 3. The summed E-state index contributed by atoms with van der Waals surface area (Å²) < 4.78 is 17.2. The highest BCUT2D eigenvalue weighted by Crippen LogP contribution is 2.38. The van der Waals surface area contributed by atoms with Gasteiger partial charge in [0.2, 0.25) is 0 Å². The summed E-state index contributed by atoms with van der Waals surface area (Å²) in [6, 6.07) is 7.24. The summed E-state index contributed by atoms with van der Waals surface area (Å²) in [4.78, 5) is 5.31. The Morgan fingerprint density at radius 3 is 2.96 bits per heavy atom. The second-order valence-corrected chi connectivity index (χ2v) is 8.06. The summed E-state index contributed by atoms with van der Waals surface area (Å²) in [5, 5.41) is 0. The predicted molar refractivity (Wildman–Crippen MR) is 101 cm³/mol. The molecule has 3 heterocycles. The van der Waals surface area contributed by atoms with Crippen LogP contribution in [0.2, 0.25) is 0 Å². The first kappa shape index (κ1) is 16.6.